The Kier molecular flexibility index (Phi) is 16.2. The molecule has 0 aromatic heterocycles. The fourth-order valence-corrected chi connectivity index (χ4v) is 4.99. The van der Waals surface area contributed by atoms with Gasteiger partial charge >= 0.3 is 28.4 Å². The van der Waals surface area contributed by atoms with E-state index >= 15 is 0 Å². The van der Waals surface area contributed by atoms with E-state index in [0.29, 0.717) is 11.8 Å². The second kappa shape index (κ2) is 18.7. The molecule has 0 spiro atoms. The van der Waals surface area contributed by atoms with Crippen LogP contribution in [0.15, 0.2) is 84.5 Å². The van der Waals surface area contributed by atoms with Crippen molar-refractivity contribution in [1.82, 2.24) is 0 Å². The number of hydrogen-bond acceptors (Lipinski definition) is 0. The van der Waals surface area contributed by atoms with Crippen molar-refractivity contribution in [1.29, 1.82) is 0 Å². The minimum atomic E-state index is 0.288. The predicted octanol–water partition coefficient (Wildman–Crippen LogP) is 12.1. The van der Waals surface area contributed by atoms with Gasteiger partial charge in [0.2, 0.25) is 0 Å². The van der Waals surface area contributed by atoms with E-state index in [1.807, 2.05) is 36.4 Å². The molecule has 0 fully saturated rings. The molecule has 0 aliphatic heterocycles. The number of allylic oxidation sites excluding steroid dienone is 4. The summed E-state index contributed by atoms with van der Waals surface area (Å²) >= 11 is 12.3. The Labute approximate surface area is 298 Å². The van der Waals surface area contributed by atoms with Crippen molar-refractivity contribution >= 4 is 27.4 Å². The van der Waals surface area contributed by atoms with Crippen molar-refractivity contribution in [3.8, 4) is 11.1 Å². The number of rotatable bonds is 1. The summed E-state index contributed by atoms with van der Waals surface area (Å²) in [5.41, 5.74) is 12.8. The Morgan fingerprint density at radius 1 is 0.822 bits per heavy atom. The van der Waals surface area contributed by atoms with Gasteiger partial charge in [0.25, 0.3) is 0 Å². The molecule has 4 aromatic rings. The van der Waals surface area contributed by atoms with E-state index in [1.165, 1.54) is 74.3 Å². The van der Waals surface area contributed by atoms with Crippen molar-refractivity contribution in [3.63, 3.8) is 0 Å². The summed E-state index contributed by atoms with van der Waals surface area (Å²) in [6.07, 6.45) is 8.95. The van der Waals surface area contributed by atoms with Gasteiger partial charge in [-0.3, -0.25) is 6.08 Å². The molecular weight excluding hydrogens is 667 g/mol. The summed E-state index contributed by atoms with van der Waals surface area (Å²) in [4.78, 5) is 0. The molecule has 0 bridgehead atoms. The molecule has 0 nitrogen and oxygen atoms in total. The quantitative estimate of drug-likeness (QED) is 0.152. The van der Waals surface area contributed by atoms with Crippen molar-refractivity contribution in [2.45, 2.75) is 68.7 Å². The van der Waals surface area contributed by atoms with Crippen LogP contribution < -0.4 is 0 Å². The molecular formula is C42H46Cl2Zr-4. The molecule has 3 heteroatoms. The zero-order valence-corrected chi connectivity index (χ0v) is 32.3. The van der Waals surface area contributed by atoms with Crippen LogP contribution in [0.3, 0.4) is 0 Å². The molecule has 0 radical (unpaired) electrons. The molecule has 2 aliphatic rings. The number of aryl methyl sites for hydroxylation is 4. The predicted molar refractivity (Wildman–Crippen MR) is 194 cm³/mol. The first-order chi connectivity index (χ1) is 21.3. The zero-order chi connectivity index (χ0) is 33.7. The Balaban J connectivity index is 0.000000220. The number of halogens is 2. The normalized spacial score (nSPS) is 13.8. The van der Waals surface area contributed by atoms with Crippen molar-refractivity contribution in [2.75, 3.05) is 0 Å². The topological polar surface area (TPSA) is 0 Å². The van der Waals surface area contributed by atoms with Crippen molar-refractivity contribution in [2.24, 2.45) is 17.3 Å². The molecule has 1 atom stereocenters. The van der Waals surface area contributed by atoms with Gasteiger partial charge in [-0.25, -0.2) is 6.08 Å². The second-order valence-corrected chi connectivity index (χ2v) is 13.5. The van der Waals surface area contributed by atoms with Crippen LogP contribution in [-0.2, 0) is 30.7 Å². The molecule has 0 saturated heterocycles. The molecule has 0 amide bonds. The van der Waals surface area contributed by atoms with Gasteiger partial charge in [-0.15, -0.1) is 11.1 Å². The molecule has 0 heterocycles. The summed E-state index contributed by atoms with van der Waals surface area (Å²) in [5, 5.41) is 1.48. The van der Waals surface area contributed by atoms with Crippen molar-refractivity contribution in [3.05, 3.63) is 152 Å². The van der Waals surface area contributed by atoms with Gasteiger partial charge in [0.1, 0.15) is 0 Å². The van der Waals surface area contributed by atoms with Crippen LogP contribution in [0.2, 0.25) is 10.0 Å². The Morgan fingerprint density at radius 3 is 1.76 bits per heavy atom. The number of fused-ring (bicyclic) bond motifs is 3. The average molecular weight is 713 g/mol. The molecule has 6 rings (SSSR count). The molecule has 2 aliphatic carbocycles. The van der Waals surface area contributed by atoms with E-state index in [0.717, 1.165) is 16.5 Å². The molecule has 236 valence electrons. The van der Waals surface area contributed by atoms with E-state index < -0.39 is 0 Å². The SMILES string of the molecule is CC(C)C1[C-]=CC(C(C)(C)C)=C1.Cc1[c-]c2c(cc1C)-c1cc(C)c(C)cc1C2.Clc1c[c-]ccc1.Clc1c[c-]ccc1.[CH2]=[Zr]. The molecule has 45 heavy (non-hydrogen) atoms. The summed E-state index contributed by atoms with van der Waals surface area (Å²) in [5.74, 6) is 1.22. The Bertz CT molecular complexity index is 1470. The Morgan fingerprint density at radius 2 is 1.36 bits per heavy atom. The van der Waals surface area contributed by atoms with E-state index in [2.05, 4.69) is 121 Å². The average Bonchev–Trinajstić information content (AvgIpc) is 3.63. The first-order valence-electron chi connectivity index (χ1n) is 15.3. The van der Waals surface area contributed by atoms with Gasteiger partial charge in [-0.2, -0.15) is 119 Å². The zero-order valence-electron chi connectivity index (χ0n) is 28.3. The summed E-state index contributed by atoms with van der Waals surface area (Å²) in [6.45, 7) is 19.9. The standard InChI is InChI=1S/C17H17.C12H19.2C6H4Cl.CH2.Zr/c1-10-5-14-9-15-6-11(2)13(4)8-17(15)16(14)7-12(10)3;1-9(2)10-6-7-11(8-10)12(3,4)5;2*7-6-4-2-1-3-5-6;;/h5,7-8H,9H2,1-4H3;7-10H,1-5H3;2*1-2,4-5H;1H2;/q4*-1;;. The Hall–Kier alpha value is -2.31. The fourth-order valence-electron chi connectivity index (χ4n) is 4.72. The summed E-state index contributed by atoms with van der Waals surface area (Å²) < 4.78 is 3.34. The first-order valence-corrected chi connectivity index (χ1v) is 17.8. The van der Waals surface area contributed by atoms with Gasteiger partial charge in [-0.1, -0.05) is 93.5 Å². The van der Waals surface area contributed by atoms with Crippen LogP contribution in [0.25, 0.3) is 11.1 Å². The maximum atomic E-state index is 5.51. The minimum absolute atomic E-state index is 0.288. The van der Waals surface area contributed by atoms with Crippen LogP contribution in [0, 0.1) is 69.2 Å². The van der Waals surface area contributed by atoms with E-state index in [4.69, 9.17) is 23.2 Å². The number of benzene rings is 4. The molecule has 0 saturated carbocycles. The van der Waals surface area contributed by atoms with Crippen LogP contribution in [0.5, 0.6) is 0 Å². The third-order valence-electron chi connectivity index (χ3n) is 7.71. The third-order valence-corrected chi connectivity index (χ3v) is 8.18. The van der Waals surface area contributed by atoms with E-state index in [1.54, 1.807) is 12.1 Å². The summed E-state index contributed by atoms with van der Waals surface area (Å²) in [7, 11) is 0. The van der Waals surface area contributed by atoms with Crippen LogP contribution in [0.1, 0.15) is 68.0 Å². The van der Waals surface area contributed by atoms with Gasteiger partial charge in [0.05, 0.1) is 0 Å². The van der Waals surface area contributed by atoms with Crippen LogP contribution in [0.4, 0.5) is 0 Å². The van der Waals surface area contributed by atoms with Gasteiger partial charge in [0, 0.05) is 0 Å². The number of hydrogen-bond donors (Lipinski definition) is 0. The van der Waals surface area contributed by atoms with Gasteiger partial charge in [0.15, 0.2) is 0 Å². The summed E-state index contributed by atoms with van der Waals surface area (Å²) in [6, 6.07) is 30.6. The molecule has 1 unspecified atom stereocenters. The van der Waals surface area contributed by atoms with Crippen molar-refractivity contribution < 1.29 is 24.2 Å². The van der Waals surface area contributed by atoms with E-state index in [9.17, 15) is 0 Å². The van der Waals surface area contributed by atoms with Crippen LogP contribution in [-0.4, -0.2) is 4.21 Å². The van der Waals surface area contributed by atoms with E-state index in [-0.39, 0.29) is 5.41 Å². The molecule has 0 N–H and O–H groups in total. The first kappa shape index (κ1) is 38.9. The second-order valence-electron chi connectivity index (χ2n) is 12.6. The third kappa shape index (κ3) is 12.4. The maximum absolute atomic E-state index is 5.51. The monoisotopic (exact) mass is 710 g/mol. The van der Waals surface area contributed by atoms with Gasteiger partial charge < -0.3 is 0 Å². The molecule has 4 aromatic carbocycles. The fraction of sp³-hybridized carbons (Fsp3) is 0.310. The van der Waals surface area contributed by atoms with Crippen LogP contribution >= 0.6 is 23.2 Å². The van der Waals surface area contributed by atoms with Gasteiger partial charge in [-0.05, 0) is 37.0 Å².